The fourth-order valence-electron chi connectivity index (χ4n) is 1.96. The number of rotatable bonds is 3. The third-order valence-corrected chi connectivity index (χ3v) is 2.85. The van der Waals surface area contributed by atoms with Crippen molar-refractivity contribution in [3.63, 3.8) is 0 Å². The maximum atomic E-state index is 4.09. The normalized spacial score (nSPS) is 17.2. The van der Waals surface area contributed by atoms with Crippen LogP contribution in [0, 0.1) is 0 Å². The van der Waals surface area contributed by atoms with Crippen LogP contribution >= 0.6 is 0 Å². The highest BCUT2D eigenvalue weighted by Gasteiger charge is 2.16. The van der Waals surface area contributed by atoms with E-state index in [2.05, 4.69) is 28.0 Å². The van der Waals surface area contributed by atoms with Gasteiger partial charge in [-0.25, -0.2) is 4.98 Å². The van der Waals surface area contributed by atoms with Gasteiger partial charge >= 0.3 is 0 Å². The number of aromatic nitrogens is 2. The average molecular weight is 203 g/mol. The van der Waals surface area contributed by atoms with Gasteiger partial charge in [0.05, 0.1) is 6.33 Å². The van der Waals surface area contributed by atoms with Crippen LogP contribution < -0.4 is 0 Å². The third-order valence-electron chi connectivity index (χ3n) is 2.85. The predicted octanol–water partition coefficient (Wildman–Crippen LogP) is 2.47. The SMILES string of the molecule is C=C1CCCC(=C)N1CCc1cnc[nH]1. The highest BCUT2D eigenvalue weighted by atomic mass is 15.2. The molecule has 3 nitrogen and oxygen atoms in total. The molecular weight excluding hydrogens is 186 g/mol. The number of hydrogen-bond donors (Lipinski definition) is 1. The van der Waals surface area contributed by atoms with Crippen molar-refractivity contribution in [2.24, 2.45) is 0 Å². The van der Waals surface area contributed by atoms with Crippen molar-refractivity contribution in [1.82, 2.24) is 14.9 Å². The summed E-state index contributed by atoms with van der Waals surface area (Å²) in [6.45, 7) is 9.13. The molecule has 0 spiro atoms. The number of imidazole rings is 1. The maximum Gasteiger partial charge on any atom is 0.0921 e. The van der Waals surface area contributed by atoms with Gasteiger partial charge in [0.1, 0.15) is 0 Å². The summed E-state index contributed by atoms with van der Waals surface area (Å²) < 4.78 is 0. The molecule has 2 heterocycles. The topological polar surface area (TPSA) is 31.9 Å². The lowest BCUT2D eigenvalue weighted by Gasteiger charge is -2.32. The monoisotopic (exact) mass is 203 g/mol. The van der Waals surface area contributed by atoms with Crippen LogP contribution in [0.1, 0.15) is 25.0 Å². The quantitative estimate of drug-likeness (QED) is 0.818. The lowest BCUT2D eigenvalue weighted by molar-refractivity contribution is 0.364. The number of piperidine rings is 1. The molecule has 3 heteroatoms. The van der Waals surface area contributed by atoms with Crippen LogP contribution in [-0.2, 0) is 6.42 Å². The number of likely N-dealkylation sites (tertiary alicyclic amines) is 1. The Morgan fingerprint density at radius 1 is 1.33 bits per heavy atom. The molecule has 1 fully saturated rings. The molecule has 1 N–H and O–H groups in total. The first-order chi connectivity index (χ1) is 7.27. The minimum atomic E-state index is 0.958. The van der Waals surface area contributed by atoms with E-state index in [1.54, 1.807) is 6.33 Å². The Morgan fingerprint density at radius 2 is 2.07 bits per heavy atom. The van der Waals surface area contributed by atoms with Gasteiger partial charge in [-0.05, 0) is 19.3 Å². The summed E-state index contributed by atoms with van der Waals surface area (Å²) in [5, 5.41) is 0. The molecule has 0 atom stereocenters. The molecule has 1 aliphatic heterocycles. The zero-order chi connectivity index (χ0) is 10.7. The first-order valence-corrected chi connectivity index (χ1v) is 5.37. The zero-order valence-electron chi connectivity index (χ0n) is 9.00. The molecule has 0 amide bonds. The summed E-state index contributed by atoms with van der Waals surface area (Å²) >= 11 is 0. The van der Waals surface area contributed by atoms with Gasteiger partial charge in [0.25, 0.3) is 0 Å². The highest BCUT2D eigenvalue weighted by Crippen LogP contribution is 2.26. The molecule has 0 saturated carbocycles. The molecule has 1 saturated heterocycles. The smallest absolute Gasteiger partial charge is 0.0921 e. The molecule has 1 aromatic heterocycles. The second-order valence-corrected chi connectivity index (χ2v) is 3.96. The molecule has 1 aliphatic rings. The number of nitrogens with zero attached hydrogens (tertiary/aromatic N) is 2. The van der Waals surface area contributed by atoms with Gasteiger partial charge in [-0.1, -0.05) is 13.2 Å². The number of allylic oxidation sites excluding steroid dienone is 2. The first kappa shape index (κ1) is 10.0. The van der Waals surface area contributed by atoms with E-state index in [0.717, 1.165) is 25.8 Å². The summed E-state index contributed by atoms with van der Waals surface area (Å²) in [6.07, 6.45) is 7.95. The van der Waals surface area contributed by atoms with Gasteiger partial charge in [0, 0.05) is 36.3 Å². The van der Waals surface area contributed by atoms with Crippen LogP contribution in [0.25, 0.3) is 0 Å². The van der Waals surface area contributed by atoms with Crippen molar-refractivity contribution >= 4 is 0 Å². The third kappa shape index (κ3) is 2.29. The van der Waals surface area contributed by atoms with E-state index >= 15 is 0 Å². The van der Waals surface area contributed by atoms with Crippen molar-refractivity contribution < 1.29 is 0 Å². The van der Waals surface area contributed by atoms with Crippen LogP contribution in [0.4, 0.5) is 0 Å². The Morgan fingerprint density at radius 3 is 2.67 bits per heavy atom. The summed E-state index contributed by atoms with van der Waals surface area (Å²) in [7, 11) is 0. The number of hydrogen-bond acceptors (Lipinski definition) is 2. The van der Waals surface area contributed by atoms with Crippen LogP contribution in [0.5, 0.6) is 0 Å². The molecule has 0 aromatic carbocycles. The second kappa shape index (κ2) is 4.34. The minimum Gasteiger partial charge on any atom is -0.349 e. The fraction of sp³-hybridized carbons (Fsp3) is 0.417. The van der Waals surface area contributed by atoms with E-state index in [1.165, 1.54) is 23.5 Å². The van der Waals surface area contributed by atoms with E-state index in [1.807, 2.05) is 6.20 Å². The summed E-state index contributed by atoms with van der Waals surface area (Å²) in [4.78, 5) is 9.35. The Balaban J connectivity index is 1.92. The van der Waals surface area contributed by atoms with Gasteiger partial charge in [-0.15, -0.1) is 0 Å². The lowest BCUT2D eigenvalue weighted by atomic mass is 10.1. The second-order valence-electron chi connectivity index (χ2n) is 3.96. The van der Waals surface area contributed by atoms with Gasteiger partial charge in [-0.3, -0.25) is 0 Å². The Bertz CT molecular complexity index is 335. The lowest BCUT2D eigenvalue weighted by Crippen LogP contribution is -2.27. The van der Waals surface area contributed by atoms with Crippen molar-refractivity contribution in [3.05, 3.63) is 42.8 Å². The molecular formula is C12H17N3. The van der Waals surface area contributed by atoms with Crippen LogP contribution in [0.15, 0.2) is 37.1 Å². The summed E-state index contributed by atoms with van der Waals surface area (Å²) in [6, 6.07) is 0. The molecule has 1 aromatic rings. The van der Waals surface area contributed by atoms with E-state index < -0.39 is 0 Å². The van der Waals surface area contributed by atoms with E-state index in [0.29, 0.717) is 0 Å². The Labute approximate surface area is 90.5 Å². The average Bonchev–Trinajstić information content (AvgIpc) is 2.70. The number of nitrogens with one attached hydrogen (secondary N) is 1. The predicted molar refractivity (Wildman–Crippen MR) is 61.1 cm³/mol. The first-order valence-electron chi connectivity index (χ1n) is 5.37. The minimum absolute atomic E-state index is 0.958. The van der Waals surface area contributed by atoms with E-state index in [9.17, 15) is 0 Å². The molecule has 0 bridgehead atoms. The molecule has 2 rings (SSSR count). The highest BCUT2D eigenvalue weighted by molar-refractivity contribution is 5.12. The van der Waals surface area contributed by atoms with Crippen molar-refractivity contribution in [2.45, 2.75) is 25.7 Å². The van der Waals surface area contributed by atoms with Crippen LogP contribution in [0.2, 0.25) is 0 Å². The van der Waals surface area contributed by atoms with Gasteiger partial charge in [-0.2, -0.15) is 0 Å². The molecule has 0 aliphatic carbocycles. The van der Waals surface area contributed by atoms with Crippen molar-refractivity contribution in [3.8, 4) is 0 Å². The van der Waals surface area contributed by atoms with Crippen LogP contribution in [0.3, 0.4) is 0 Å². The fourth-order valence-corrected chi connectivity index (χ4v) is 1.96. The molecule has 15 heavy (non-hydrogen) atoms. The summed E-state index contributed by atoms with van der Waals surface area (Å²) in [5.74, 6) is 0. The zero-order valence-corrected chi connectivity index (χ0v) is 9.00. The molecule has 80 valence electrons. The van der Waals surface area contributed by atoms with E-state index in [-0.39, 0.29) is 0 Å². The van der Waals surface area contributed by atoms with Gasteiger partial charge in [0.15, 0.2) is 0 Å². The summed E-state index contributed by atoms with van der Waals surface area (Å²) in [5.41, 5.74) is 3.57. The molecule has 0 radical (unpaired) electrons. The number of aromatic amines is 1. The number of H-pyrrole nitrogens is 1. The Hall–Kier alpha value is -1.51. The van der Waals surface area contributed by atoms with Crippen molar-refractivity contribution in [2.75, 3.05) is 6.54 Å². The largest absolute Gasteiger partial charge is 0.349 e. The Kier molecular flexibility index (Phi) is 2.90. The van der Waals surface area contributed by atoms with Gasteiger partial charge in [0.2, 0.25) is 0 Å². The van der Waals surface area contributed by atoms with E-state index in [4.69, 9.17) is 0 Å². The molecule has 0 unspecified atom stereocenters. The standard InChI is InChI=1S/C12H17N3/c1-10-4-3-5-11(2)15(10)7-6-12-8-13-9-14-12/h8-9H,1-7H2,(H,13,14). The van der Waals surface area contributed by atoms with Gasteiger partial charge < -0.3 is 9.88 Å². The maximum absolute atomic E-state index is 4.09. The van der Waals surface area contributed by atoms with Crippen molar-refractivity contribution in [1.29, 1.82) is 0 Å². The van der Waals surface area contributed by atoms with Crippen LogP contribution in [-0.4, -0.2) is 21.4 Å².